The number of pyridine rings is 1. The Labute approximate surface area is 159 Å². The number of nitrogens with zero attached hydrogens (tertiary/aromatic N) is 3. The number of benzene rings is 1. The summed E-state index contributed by atoms with van der Waals surface area (Å²) in [6, 6.07) is 7.72. The second kappa shape index (κ2) is 7.63. The van der Waals surface area contributed by atoms with Gasteiger partial charge in [-0.05, 0) is 37.3 Å². The Kier molecular flexibility index (Phi) is 5.04. The summed E-state index contributed by atoms with van der Waals surface area (Å²) in [5, 5.41) is 0. The number of alkyl halides is 2. The van der Waals surface area contributed by atoms with Gasteiger partial charge in [-0.25, -0.2) is 9.37 Å². The van der Waals surface area contributed by atoms with Gasteiger partial charge in [0.1, 0.15) is 5.82 Å². The normalized spacial score (nSPS) is 14.0. The van der Waals surface area contributed by atoms with E-state index in [1.165, 1.54) is 18.2 Å². The molecule has 0 N–H and O–H groups in total. The molecule has 0 saturated carbocycles. The highest BCUT2D eigenvalue weighted by Gasteiger charge is 2.22. The van der Waals surface area contributed by atoms with Crippen molar-refractivity contribution in [3.8, 4) is 28.4 Å². The zero-order chi connectivity index (χ0) is 19.7. The third-order valence-electron chi connectivity index (χ3n) is 4.59. The van der Waals surface area contributed by atoms with Crippen LogP contribution < -0.4 is 4.74 Å². The van der Waals surface area contributed by atoms with E-state index >= 15 is 0 Å². The first kappa shape index (κ1) is 18.5. The van der Waals surface area contributed by atoms with Crippen LogP contribution in [0.1, 0.15) is 11.4 Å². The van der Waals surface area contributed by atoms with Crippen molar-refractivity contribution in [1.29, 1.82) is 0 Å². The van der Waals surface area contributed by atoms with Gasteiger partial charge in [-0.3, -0.25) is 4.98 Å². The van der Waals surface area contributed by atoms with E-state index in [2.05, 4.69) is 9.72 Å². The molecule has 0 bridgehead atoms. The lowest BCUT2D eigenvalue weighted by molar-refractivity contribution is -0.0521. The van der Waals surface area contributed by atoms with E-state index in [0.717, 1.165) is 22.6 Å². The first-order chi connectivity index (χ1) is 13.5. The Bertz CT molecular complexity index is 1000. The molecule has 146 valence electrons. The fourth-order valence-corrected chi connectivity index (χ4v) is 3.38. The van der Waals surface area contributed by atoms with Gasteiger partial charge >= 0.3 is 6.61 Å². The summed E-state index contributed by atoms with van der Waals surface area (Å²) >= 11 is 0. The van der Waals surface area contributed by atoms with Crippen molar-refractivity contribution >= 4 is 0 Å². The number of aryl methyl sites for hydroxylation is 1. The Balaban J connectivity index is 1.82. The summed E-state index contributed by atoms with van der Waals surface area (Å²) in [5.41, 5.74) is 4.05. The number of rotatable bonds is 4. The maximum absolute atomic E-state index is 14.3. The fraction of sp³-hybridized carbons (Fsp3) is 0.300. The van der Waals surface area contributed by atoms with Crippen LogP contribution in [-0.2, 0) is 17.7 Å². The van der Waals surface area contributed by atoms with Crippen LogP contribution in [0.5, 0.6) is 5.75 Å². The molecule has 28 heavy (non-hydrogen) atoms. The highest BCUT2D eigenvalue weighted by molar-refractivity contribution is 5.69. The lowest BCUT2D eigenvalue weighted by Crippen LogP contribution is -2.07. The molecule has 0 saturated heterocycles. The number of fused-ring (bicyclic) bond motifs is 1. The van der Waals surface area contributed by atoms with Crippen LogP contribution >= 0.6 is 0 Å². The third-order valence-corrected chi connectivity index (χ3v) is 4.59. The van der Waals surface area contributed by atoms with E-state index in [4.69, 9.17) is 9.72 Å². The molecule has 0 aliphatic carbocycles. The van der Waals surface area contributed by atoms with E-state index in [0.29, 0.717) is 37.6 Å². The molecule has 0 fully saturated rings. The van der Waals surface area contributed by atoms with E-state index in [9.17, 15) is 13.2 Å². The summed E-state index contributed by atoms with van der Waals surface area (Å²) in [4.78, 5) is 8.99. The van der Waals surface area contributed by atoms with Crippen LogP contribution in [0.3, 0.4) is 0 Å². The maximum Gasteiger partial charge on any atom is 0.387 e. The number of imidazole rings is 1. The van der Waals surface area contributed by atoms with E-state index in [-0.39, 0.29) is 0 Å². The van der Waals surface area contributed by atoms with Gasteiger partial charge in [0, 0.05) is 41.7 Å². The molecule has 4 rings (SSSR count). The molecule has 1 aromatic carbocycles. The van der Waals surface area contributed by atoms with Crippen LogP contribution in [0.15, 0.2) is 36.5 Å². The maximum atomic E-state index is 14.3. The van der Waals surface area contributed by atoms with Crippen molar-refractivity contribution in [3.05, 3.63) is 53.7 Å². The first-order valence-corrected chi connectivity index (χ1v) is 8.88. The molecular formula is C20H18F3N3O2. The van der Waals surface area contributed by atoms with Gasteiger partial charge in [0.2, 0.25) is 0 Å². The third kappa shape index (κ3) is 3.60. The molecule has 3 aromatic rings. The van der Waals surface area contributed by atoms with Gasteiger partial charge < -0.3 is 14.0 Å². The zero-order valence-corrected chi connectivity index (χ0v) is 15.2. The van der Waals surface area contributed by atoms with E-state index in [1.54, 1.807) is 6.20 Å². The quantitative estimate of drug-likeness (QED) is 0.670. The zero-order valence-electron chi connectivity index (χ0n) is 15.2. The van der Waals surface area contributed by atoms with Crippen LogP contribution in [0.2, 0.25) is 0 Å². The largest absolute Gasteiger partial charge is 0.432 e. The summed E-state index contributed by atoms with van der Waals surface area (Å²) in [6.45, 7) is 0.470. The molecule has 1 aliphatic rings. The molecule has 1 aliphatic heterocycles. The average Bonchev–Trinajstić information content (AvgIpc) is 2.84. The molecule has 5 nitrogen and oxygen atoms in total. The van der Waals surface area contributed by atoms with Gasteiger partial charge in [-0.1, -0.05) is 0 Å². The summed E-state index contributed by atoms with van der Waals surface area (Å²) in [6.07, 6.45) is 2.39. The minimum atomic E-state index is -3.08. The minimum Gasteiger partial charge on any atom is -0.432 e. The summed E-state index contributed by atoms with van der Waals surface area (Å²) in [7, 11) is 0. The topological polar surface area (TPSA) is 49.2 Å². The highest BCUT2D eigenvalue weighted by atomic mass is 19.3. The molecule has 2 aromatic heterocycles. The van der Waals surface area contributed by atoms with Crippen molar-refractivity contribution in [1.82, 2.24) is 14.5 Å². The molecule has 0 atom stereocenters. The number of halogens is 3. The van der Waals surface area contributed by atoms with Crippen molar-refractivity contribution in [2.45, 2.75) is 26.5 Å². The van der Waals surface area contributed by atoms with Crippen LogP contribution in [0, 0.1) is 12.7 Å². The minimum absolute atomic E-state index is 0.485. The number of aromatic nitrogens is 3. The smallest absolute Gasteiger partial charge is 0.387 e. The Morgan fingerprint density at radius 2 is 2.00 bits per heavy atom. The van der Waals surface area contributed by atoms with Gasteiger partial charge in [-0.2, -0.15) is 8.78 Å². The SMILES string of the molecule is Cc1cc(-c2nc(-c3ccc(OC(F)F)c(F)c3)n3c2CCOCC3)ccn1. The van der Waals surface area contributed by atoms with Crippen molar-refractivity contribution < 1.29 is 22.6 Å². The lowest BCUT2D eigenvalue weighted by atomic mass is 10.1. The number of hydrogen-bond acceptors (Lipinski definition) is 4. The van der Waals surface area contributed by atoms with E-state index in [1.807, 2.05) is 23.6 Å². The van der Waals surface area contributed by atoms with Crippen molar-refractivity contribution in [2.24, 2.45) is 0 Å². The Hall–Kier alpha value is -2.87. The number of ether oxygens (including phenoxy) is 2. The molecule has 0 amide bonds. The lowest BCUT2D eigenvalue weighted by Gasteiger charge is -2.10. The molecule has 0 spiro atoms. The van der Waals surface area contributed by atoms with Gasteiger partial charge in [0.25, 0.3) is 0 Å². The van der Waals surface area contributed by atoms with Crippen LogP contribution in [-0.4, -0.2) is 34.4 Å². The van der Waals surface area contributed by atoms with E-state index < -0.39 is 18.2 Å². The number of hydrogen-bond donors (Lipinski definition) is 0. The first-order valence-electron chi connectivity index (χ1n) is 8.88. The van der Waals surface area contributed by atoms with Gasteiger partial charge in [-0.15, -0.1) is 0 Å². The van der Waals surface area contributed by atoms with Crippen molar-refractivity contribution in [3.63, 3.8) is 0 Å². The Morgan fingerprint density at radius 3 is 2.75 bits per heavy atom. The predicted octanol–water partition coefficient (Wildman–Crippen LogP) is 4.23. The standard InChI is InChI=1S/C20H18F3N3O2/c1-12-10-13(4-6-24-12)18-16-5-8-27-9-7-26(16)19(25-18)14-2-3-17(15(21)11-14)28-20(22)23/h2-4,6,10-11,20H,5,7-9H2,1H3. The second-order valence-electron chi connectivity index (χ2n) is 6.45. The van der Waals surface area contributed by atoms with Gasteiger partial charge in [0.05, 0.1) is 18.9 Å². The van der Waals surface area contributed by atoms with Crippen LogP contribution in [0.4, 0.5) is 13.2 Å². The Morgan fingerprint density at radius 1 is 1.14 bits per heavy atom. The summed E-state index contributed by atoms with van der Waals surface area (Å²) in [5.74, 6) is -0.788. The average molecular weight is 389 g/mol. The van der Waals surface area contributed by atoms with Crippen molar-refractivity contribution in [2.75, 3.05) is 13.2 Å². The van der Waals surface area contributed by atoms with Gasteiger partial charge in [0.15, 0.2) is 11.6 Å². The fourth-order valence-electron chi connectivity index (χ4n) is 3.38. The molecule has 8 heteroatoms. The molecular weight excluding hydrogens is 371 g/mol. The monoisotopic (exact) mass is 389 g/mol. The highest BCUT2D eigenvalue weighted by Crippen LogP contribution is 2.33. The molecule has 0 radical (unpaired) electrons. The predicted molar refractivity (Wildman–Crippen MR) is 96.7 cm³/mol. The van der Waals surface area contributed by atoms with Crippen LogP contribution in [0.25, 0.3) is 22.6 Å². The summed E-state index contributed by atoms with van der Waals surface area (Å²) < 4.78 is 50.8. The molecule has 0 unspecified atom stereocenters. The molecule has 3 heterocycles. The second-order valence-corrected chi connectivity index (χ2v) is 6.45.